The molecule has 1 amide bonds. The van der Waals surface area contributed by atoms with Crippen molar-refractivity contribution in [3.63, 3.8) is 0 Å². The van der Waals surface area contributed by atoms with Gasteiger partial charge in [-0.1, -0.05) is 42.6 Å². The van der Waals surface area contributed by atoms with Gasteiger partial charge in [-0.3, -0.25) is 10.1 Å². The van der Waals surface area contributed by atoms with Gasteiger partial charge in [-0.25, -0.2) is 13.8 Å². The van der Waals surface area contributed by atoms with E-state index < -0.39 is 23.1 Å². The zero-order valence-corrected chi connectivity index (χ0v) is 19.6. The van der Waals surface area contributed by atoms with Crippen molar-refractivity contribution < 1.29 is 13.6 Å². The lowest BCUT2D eigenvalue weighted by atomic mass is 9.75. The van der Waals surface area contributed by atoms with E-state index in [4.69, 9.17) is 0 Å². The highest BCUT2D eigenvalue weighted by molar-refractivity contribution is 7.14. The Morgan fingerprint density at radius 3 is 2.42 bits per heavy atom. The summed E-state index contributed by atoms with van der Waals surface area (Å²) in [5.74, 6) is -2.67. The molecule has 33 heavy (non-hydrogen) atoms. The number of thiazole rings is 1. The molecule has 0 unspecified atom stereocenters. The summed E-state index contributed by atoms with van der Waals surface area (Å²) in [6.45, 7) is 1.15. The third-order valence-corrected chi connectivity index (χ3v) is 7.01. The van der Waals surface area contributed by atoms with Crippen molar-refractivity contribution in [2.45, 2.75) is 31.1 Å². The number of rotatable bonds is 8. The van der Waals surface area contributed by atoms with E-state index in [0.29, 0.717) is 18.2 Å². The van der Waals surface area contributed by atoms with Gasteiger partial charge in [0.2, 0.25) is 0 Å². The van der Waals surface area contributed by atoms with E-state index in [1.165, 1.54) is 22.4 Å². The van der Waals surface area contributed by atoms with Crippen molar-refractivity contribution in [1.29, 1.82) is 0 Å². The van der Waals surface area contributed by atoms with Gasteiger partial charge in [0, 0.05) is 29.6 Å². The number of carbonyl (C=O) groups is 1. The van der Waals surface area contributed by atoms with Crippen LogP contribution in [0.15, 0.2) is 41.8 Å². The first-order chi connectivity index (χ1) is 15.9. The van der Waals surface area contributed by atoms with E-state index in [0.717, 1.165) is 43.5 Å². The Hall–Kier alpha value is -2.78. The third-order valence-electron chi connectivity index (χ3n) is 6.25. The molecule has 1 saturated carbocycles. The summed E-state index contributed by atoms with van der Waals surface area (Å²) in [6, 6.07) is 10.8. The van der Waals surface area contributed by atoms with Crippen molar-refractivity contribution in [1.82, 2.24) is 10.3 Å². The van der Waals surface area contributed by atoms with Crippen LogP contribution in [0.5, 0.6) is 0 Å². The Kier molecular flexibility index (Phi) is 7.09. The molecule has 9 heteroatoms. The molecule has 1 fully saturated rings. The molecule has 0 atom stereocenters. The van der Waals surface area contributed by atoms with Crippen LogP contribution in [0, 0.1) is 11.6 Å². The Morgan fingerprint density at radius 1 is 1.12 bits per heavy atom. The van der Waals surface area contributed by atoms with Gasteiger partial charge in [0.15, 0.2) is 5.13 Å². The highest BCUT2D eigenvalue weighted by atomic mass is 32.1. The Labute approximate surface area is 197 Å². The van der Waals surface area contributed by atoms with E-state index in [2.05, 4.69) is 53.0 Å². The smallest absolute Gasteiger partial charge is 0.263 e. The van der Waals surface area contributed by atoms with Gasteiger partial charge in [-0.2, -0.15) is 0 Å². The predicted octanol–water partition coefficient (Wildman–Crippen LogP) is 3.42. The molecule has 2 aromatic carbocycles. The summed E-state index contributed by atoms with van der Waals surface area (Å²) in [7, 11) is 3.85. The molecule has 0 aliphatic heterocycles. The monoisotopic (exact) mass is 468 g/mol. The maximum absolute atomic E-state index is 14.6. The molecule has 172 valence electrons. The molecule has 3 aromatic rings. The van der Waals surface area contributed by atoms with E-state index in [9.17, 15) is 13.6 Å². The van der Waals surface area contributed by atoms with Crippen molar-refractivity contribution in [3.8, 4) is 0 Å². The lowest BCUT2D eigenvalue weighted by Gasteiger charge is -2.28. The number of nitrogens with zero attached hydrogens (tertiary/aromatic N) is 1. The summed E-state index contributed by atoms with van der Waals surface area (Å²) in [5, 5.41) is 10.7. The number of hydrogen-bond donors (Lipinski definition) is 3. The second kappa shape index (κ2) is 10.0. The van der Waals surface area contributed by atoms with E-state index in [1.807, 2.05) is 5.38 Å². The normalized spacial score (nSPS) is 14.9. The van der Waals surface area contributed by atoms with Gasteiger partial charge in [0.1, 0.15) is 25.0 Å². The molecule has 1 aliphatic rings. The highest BCUT2D eigenvalue weighted by Crippen LogP contribution is 2.46. The van der Waals surface area contributed by atoms with Crippen LogP contribution in [-0.4, -0.2) is 38.9 Å². The van der Waals surface area contributed by atoms with Crippen LogP contribution in [0.4, 0.5) is 19.6 Å². The van der Waals surface area contributed by atoms with Crippen LogP contribution in [0.3, 0.4) is 0 Å². The molecule has 5 nitrogen and oxygen atoms in total. The number of halogens is 2. The number of benzene rings is 2. The fourth-order valence-electron chi connectivity index (χ4n) is 4.48. The minimum atomic E-state index is -0.914. The second-order valence-electron chi connectivity index (χ2n) is 8.49. The fraction of sp³-hybridized carbons (Fsp3) is 0.333. The molecule has 3 N–H and O–H groups in total. The largest absolute Gasteiger partial charge is 0.384 e. The number of nitrogens with one attached hydrogen (secondary N) is 3. The number of anilines is 2. The lowest BCUT2D eigenvalue weighted by Crippen LogP contribution is -2.25. The van der Waals surface area contributed by atoms with Crippen LogP contribution < -0.4 is 21.4 Å². The van der Waals surface area contributed by atoms with Crippen LogP contribution in [0.2, 0.25) is 0 Å². The quantitative estimate of drug-likeness (QED) is 0.350. The standard InChI is InChI=1S/C24H27BF2N4OS/c1-28-10-11-29-17-12-18(26)21(19(27)13-17)22(32)31-23-30-20(14-33-23)24(8-2-3-9-24)15-4-6-16(25)7-5-15/h4-7,12-14,28-29H,2-3,8-11,25H2,1H3,(H,30,31,32). The molecule has 0 spiro atoms. The molecule has 0 bridgehead atoms. The average Bonchev–Trinajstić information content (AvgIpc) is 3.44. The number of aromatic nitrogens is 1. The molecule has 0 saturated heterocycles. The minimum Gasteiger partial charge on any atom is -0.384 e. The topological polar surface area (TPSA) is 66.1 Å². The first-order valence-corrected chi connectivity index (χ1v) is 12.0. The number of carbonyl (C=O) groups excluding carboxylic acids is 1. The summed E-state index contributed by atoms with van der Waals surface area (Å²) in [6.07, 6.45) is 4.19. The van der Waals surface area contributed by atoms with Crippen molar-refractivity contribution in [2.75, 3.05) is 30.8 Å². The Bertz CT molecular complexity index is 1110. The number of hydrogen-bond acceptors (Lipinski definition) is 5. The van der Waals surface area contributed by atoms with Gasteiger partial charge in [0.25, 0.3) is 5.91 Å². The molecule has 0 radical (unpaired) electrons. The van der Waals surface area contributed by atoms with Crippen LogP contribution in [0.1, 0.15) is 47.3 Å². The zero-order valence-electron chi connectivity index (χ0n) is 18.8. The second-order valence-corrected chi connectivity index (χ2v) is 9.35. The summed E-state index contributed by atoms with van der Waals surface area (Å²) in [4.78, 5) is 17.4. The summed E-state index contributed by atoms with van der Waals surface area (Å²) in [5.41, 5.74) is 2.80. The highest BCUT2D eigenvalue weighted by Gasteiger charge is 2.39. The first kappa shape index (κ1) is 23.4. The van der Waals surface area contributed by atoms with Gasteiger partial charge in [0.05, 0.1) is 5.69 Å². The number of likely N-dealkylation sites (N-methyl/N-ethyl adjacent to an activating group) is 1. The molecular weight excluding hydrogens is 441 g/mol. The maximum Gasteiger partial charge on any atom is 0.263 e. The zero-order chi connectivity index (χ0) is 23.4. The summed E-state index contributed by atoms with van der Waals surface area (Å²) < 4.78 is 29.1. The molecule has 1 aromatic heterocycles. The first-order valence-electron chi connectivity index (χ1n) is 11.1. The van der Waals surface area contributed by atoms with E-state index in [-0.39, 0.29) is 11.1 Å². The molecular formula is C24H27BF2N4OS. The predicted molar refractivity (Wildman–Crippen MR) is 133 cm³/mol. The molecule has 4 rings (SSSR count). The van der Waals surface area contributed by atoms with Crippen LogP contribution in [0.25, 0.3) is 0 Å². The fourth-order valence-corrected chi connectivity index (χ4v) is 5.28. The maximum atomic E-state index is 14.6. The van der Waals surface area contributed by atoms with Crippen molar-refractivity contribution in [3.05, 3.63) is 70.2 Å². The van der Waals surface area contributed by atoms with Crippen LogP contribution in [-0.2, 0) is 5.41 Å². The van der Waals surface area contributed by atoms with Crippen molar-refractivity contribution >= 4 is 41.4 Å². The van der Waals surface area contributed by atoms with E-state index in [1.54, 1.807) is 7.05 Å². The van der Waals surface area contributed by atoms with Crippen molar-refractivity contribution in [2.24, 2.45) is 0 Å². The third kappa shape index (κ3) is 4.94. The number of amides is 1. The average molecular weight is 468 g/mol. The van der Waals surface area contributed by atoms with Gasteiger partial charge >= 0.3 is 0 Å². The van der Waals surface area contributed by atoms with E-state index >= 15 is 0 Å². The van der Waals surface area contributed by atoms with Crippen LogP contribution >= 0.6 is 11.3 Å². The Morgan fingerprint density at radius 2 is 1.79 bits per heavy atom. The van der Waals surface area contributed by atoms with Gasteiger partial charge in [-0.05, 0) is 37.6 Å². The summed E-state index contributed by atoms with van der Waals surface area (Å²) >= 11 is 1.28. The SMILES string of the molecule is Bc1ccc(C2(c3csc(NC(=O)c4c(F)cc(NCCNC)cc4F)n3)CCCC2)cc1. The molecule has 1 aliphatic carbocycles. The lowest BCUT2D eigenvalue weighted by molar-refractivity contribution is 0.101. The Balaban J connectivity index is 1.54. The minimum absolute atomic E-state index is 0.190. The van der Waals surface area contributed by atoms with Gasteiger partial charge in [-0.15, -0.1) is 11.3 Å². The molecule has 1 heterocycles. The van der Waals surface area contributed by atoms with Gasteiger partial charge < -0.3 is 10.6 Å².